The van der Waals surface area contributed by atoms with Crippen LogP contribution in [0.4, 0.5) is 8.78 Å². The van der Waals surface area contributed by atoms with Crippen LogP contribution < -0.4 is 0 Å². The lowest BCUT2D eigenvalue weighted by atomic mass is 10.2. The smallest absolute Gasteiger partial charge is 0.335 e. The van der Waals surface area contributed by atoms with Crippen molar-refractivity contribution in [2.75, 3.05) is 7.05 Å². The molecule has 0 unspecified atom stereocenters. The lowest BCUT2D eigenvalue weighted by Gasteiger charge is -2.19. The molecule has 1 rings (SSSR count). The van der Waals surface area contributed by atoms with Gasteiger partial charge in [-0.05, 0) is 5.56 Å². The van der Waals surface area contributed by atoms with E-state index in [1.807, 2.05) is 22.0 Å². The summed E-state index contributed by atoms with van der Waals surface area (Å²) in [6.07, 6.45) is 0. The molecule has 0 bridgehead atoms. The van der Waals surface area contributed by atoms with Crippen molar-refractivity contribution in [1.29, 1.82) is 0 Å². The fourth-order valence-electron chi connectivity index (χ4n) is 1.15. The monoisotopic (exact) mass is 277 g/mol. The van der Waals surface area contributed by atoms with Crippen LogP contribution in [-0.4, -0.2) is 22.7 Å². The molecule has 0 aromatic heterocycles. The Morgan fingerprint density at radius 2 is 1.93 bits per heavy atom. The fraction of sp³-hybridized carbons (Fsp3) is 0.300. The first kappa shape index (κ1) is 12.1. The number of benzene rings is 1. The topological polar surface area (TPSA) is 20.3 Å². The molecule has 0 heterocycles. The highest BCUT2D eigenvalue weighted by Crippen LogP contribution is 2.24. The number of hydrogen-bond donors (Lipinski definition) is 0. The van der Waals surface area contributed by atoms with Crippen LogP contribution in [0.3, 0.4) is 0 Å². The number of amides is 1. The summed E-state index contributed by atoms with van der Waals surface area (Å²) in [5.74, 6) is -1.24. The zero-order valence-electron chi connectivity index (χ0n) is 8.08. The van der Waals surface area contributed by atoms with Crippen molar-refractivity contribution < 1.29 is 13.6 Å². The largest absolute Gasteiger partial charge is 0.377 e. The number of nitrogens with zero attached hydrogens (tertiary/aromatic N) is 1. The first-order valence-electron chi connectivity index (χ1n) is 4.27. The third kappa shape index (κ3) is 3.58. The van der Waals surface area contributed by atoms with Crippen LogP contribution in [-0.2, 0) is 11.3 Å². The first-order valence-corrected chi connectivity index (χ1v) is 5.07. The summed E-state index contributed by atoms with van der Waals surface area (Å²) in [5, 5.41) is 0. The minimum atomic E-state index is -3.49. The van der Waals surface area contributed by atoms with Gasteiger partial charge in [-0.1, -0.05) is 30.3 Å². The maximum atomic E-state index is 12.6. The van der Waals surface area contributed by atoms with Crippen molar-refractivity contribution in [3.63, 3.8) is 0 Å². The average molecular weight is 278 g/mol. The predicted molar refractivity (Wildman–Crippen MR) is 56.8 cm³/mol. The van der Waals surface area contributed by atoms with Crippen LogP contribution in [0.2, 0.25) is 0 Å². The molecule has 15 heavy (non-hydrogen) atoms. The van der Waals surface area contributed by atoms with Crippen molar-refractivity contribution in [2.45, 2.75) is 11.4 Å². The summed E-state index contributed by atoms with van der Waals surface area (Å²) in [6.45, 7) is 0.168. The van der Waals surface area contributed by atoms with Crippen molar-refractivity contribution in [3.8, 4) is 0 Å². The van der Waals surface area contributed by atoms with Gasteiger partial charge in [0.1, 0.15) is 0 Å². The second kappa shape index (κ2) is 4.70. The Hall–Kier alpha value is -0.970. The molecule has 82 valence electrons. The van der Waals surface area contributed by atoms with E-state index in [0.29, 0.717) is 0 Å². The Bertz CT molecular complexity index is 337. The second-order valence-corrected chi connectivity index (χ2v) is 4.14. The van der Waals surface area contributed by atoms with Gasteiger partial charge in [0.2, 0.25) is 0 Å². The molecule has 0 aliphatic heterocycles. The molecule has 0 saturated heterocycles. The number of hydrogen-bond acceptors (Lipinski definition) is 1. The minimum Gasteiger partial charge on any atom is -0.335 e. The minimum absolute atomic E-state index is 0.168. The molecular weight excluding hydrogens is 268 g/mol. The van der Waals surface area contributed by atoms with Gasteiger partial charge in [-0.15, -0.1) is 0 Å². The van der Waals surface area contributed by atoms with Crippen LogP contribution in [0, 0.1) is 0 Å². The summed E-state index contributed by atoms with van der Waals surface area (Å²) in [7, 11) is 1.34. The van der Waals surface area contributed by atoms with Gasteiger partial charge in [-0.2, -0.15) is 8.78 Å². The van der Waals surface area contributed by atoms with E-state index < -0.39 is 10.7 Å². The van der Waals surface area contributed by atoms with Crippen LogP contribution in [0.15, 0.2) is 30.3 Å². The molecule has 0 radical (unpaired) electrons. The Morgan fingerprint density at radius 1 is 1.40 bits per heavy atom. The second-order valence-electron chi connectivity index (χ2n) is 3.14. The van der Waals surface area contributed by atoms with E-state index in [1.54, 1.807) is 24.3 Å². The highest BCUT2D eigenvalue weighted by Gasteiger charge is 2.37. The Balaban J connectivity index is 2.65. The lowest BCUT2D eigenvalue weighted by molar-refractivity contribution is -0.144. The molecule has 0 aliphatic carbocycles. The number of halogens is 3. The van der Waals surface area contributed by atoms with Crippen molar-refractivity contribution in [3.05, 3.63) is 35.9 Å². The van der Waals surface area contributed by atoms with Crippen LogP contribution >= 0.6 is 15.9 Å². The Morgan fingerprint density at radius 3 is 2.40 bits per heavy atom. The van der Waals surface area contributed by atoms with Gasteiger partial charge in [-0.25, -0.2) is 0 Å². The van der Waals surface area contributed by atoms with E-state index in [9.17, 15) is 13.6 Å². The molecule has 0 fully saturated rings. The highest BCUT2D eigenvalue weighted by molar-refractivity contribution is 9.10. The quantitative estimate of drug-likeness (QED) is 0.778. The van der Waals surface area contributed by atoms with E-state index >= 15 is 0 Å². The number of carbonyl (C=O) groups is 1. The molecule has 0 spiro atoms. The van der Waals surface area contributed by atoms with Gasteiger partial charge >= 0.3 is 10.7 Å². The molecule has 1 aromatic carbocycles. The van der Waals surface area contributed by atoms with Crippen molar-refractivity contribution in [2.24, 2.45) is 0 Å². The van der Waals surface area contributed by atoms with E-state index in [2.05, 4.69) is 0 Å². The van der Waals surface area contributed by atoms with E-state index in [-0.39, 0.29) is 6.54 Å². The van der Waals surface area contributed by atoms with E-state index in [1.165, 1.54) is 7.05 Å². The first-order chi connectivity index (χ1) is 6.91. The number of rotatable bonds is 3. The highest BCUT2D eigenvalue weighted by atomic mass is 79.9. The van der Waals surface area contributed by atoms with Crippen LogP contribution in [0.1, 0.15) is 5.56 Å². The third-order valence-electron chi connectivity index (χ3n) is 1.85. The van der Waals surface area contributed by atoms with Crippen LogP contribution in [0.25, 0.3) is 0 Å². The predicted octanol–water partition coefficient (Wildman–Crippen LogP) is 2.63. The molecule has 0 aliphatic rings. The fourth-order valence-corrected chi connectivity index (χ4v) is 1.45. The van der Waals surface area contributed by atoms with Gasteiger partial charge in [0.05, 0.1) is 0 Å². The van der Waals surface area contributed by atoms with Gasteiger partial charge in [0, 0.05) is 29.5 Å². The molecular formula is C10H10BrF2NO. The maximum Gasteiger partial charge on any atom is 0.377 e. The normalized spacial score (nSPS) is 11.2. The Labute approximate surface area is 95.0 Å². The maximum absolute atomic E-state index is 12.6. The zero-order valence-corrected chi connectivity index (χ0v) is 9.67. The lowest BCUT2D eigenvalue weighted by Crippen LogP contribution is -2.36. The van der Waals surface area contributed by atoms with Crippen molar-refractivity contribution >= 4 is 21.8 Å². The molecule has 0 N–H and O–H groups in total. The standard InChI is InChI=1S/C10H10BrF2NO/c1-14(9(15)10(11,12)13)7-8-5-3-2-4-6-8/h2-6H,7H2,1H3. The summed E-state index contributed by atoms with van der Waals surface area (Å²) in [4.78, 5) is 8.58. The summed E-state index contributed by atoms with van der Waals surface area (Å²) >= 11 is 2.03. The summed E-state index contributed by atoms with van der Waals surface area (Å²) in [5.41, 5.74) is 0.810. The molecule has 5 heteroatoms. The average Bonchev–Trinajstić information content (AvgIpc) is 2.16. The SMILES string of the molecule is CN(Cc1ccccc1)C(=O)C(F)(F)Br. The Kier molecular flexibility index (Phi) is 3.79. The van der Waals surface area contributed by atoms with Gasteiger partial charge in [0.15, 0.2) is 0 Å². The number of carbonyl (C=O) groups excluding carboxylic acids is 1. The van der Waals surface area contributed by atoms with E-state index in [4.69, 9.17) is 0 Å². The van der Waals surface area contributed by atoms with Gasteiger partial charge in [0.25, 0.3) is 0 Å². The molecule has 1 aromatic rings. The van der Waals surface area contributed by atoms with Gasteiger partial charge in [-0.3, -0.25) is 4.79 Å². The van der Waals surface area contributed by atoms with Gasteiger partial charge < -0.3 is 4.90 Å². The number of alkyl halides is 3. The molecule has 2 nitrogen and oxygen atoms in total. The van der Waals surface area contributed by atoms with Crippen molar-refractivity contribution in [1.82, 2.24) is 4.90 Å². The molecule has 0 saturated carbocycles. The summed E-state index contributed by atoms with van der Waals surface area (Å²) in [6, 6.07) is 8.95. The zero-order chi connectivity index (χ0) is 11.5. The molecule has 1 amide bonds. The van der Waals surface area contributed by atoms with Crippen LogP contribution in [0.5, 0.6) is 0 Å². The molecule has 0 atom stereocenters. The van der Waals surface area contributed by atoms with E-state index in [0.717, 1.165) is 10.5 Å². The third-order valence-corrected chi connectivity index (χ3v) is 2.19. The summed E-state index contributed by atoms with van der Waals surface area (Å²) < 4.78 is 25.2.